The van der Waals surface area contributed by atoms with Crippen LogP contribution in [0.4, 0.5) is 20.2 Å². The number of carbonyl (C=O) groups is 1. The second kappa shape index (κ2) is 5.91. The smallest absolute Gasteiger partial charge is 0.261 e. The zero-order valence-electron chi connectivity index (χ0n) is 11.9. The van der Waals surface area contributed by atoms with Crippen molar-refractivity contribution in [1.82, 2.24) is 0 Å². The summed E-state index contributed by atoms with van der Waals surface area (Å²) in [5, 5.41) is 0. The summed E-state index contributed by atoms with van der Waals surface area (Å²) in [6.07, 6.45) is 0.882. The molecule has 110 valence electrons. The van der Waals surface area contributed by atoms with Crippen molar-refractivity contribution in [3.63, 3.8) is 0 Å². The van der Waals surface area contributed by atoms with E-state index in [4.69, 9.17) is 5.73 Å². The van der Waals surface area contributed by atoms with Crippen LogP contribution in [0.25, 0.3) is 0 Å². The summed E-state index contributed by atoms with van der Waals surface area (Å²) in [6, 6.07) is 8.99. The molecule has 0 atom stereocenters. The molecule has 2 aromatic rings. The fraction of sp³-hybridized carbons (Fsp3) is 0.188. The number of rotatable bonds is 3. The van der Waals surface area contributed by atoms with E-state index in [0.717, 1.165) is 24.1 Å². The molecule has 0 bridgehead atoms. The molecular weight excluding hydrogens is 274 g/mol. The lowest BCUT2D eigenvalue weighted by Crippen LogP contribution is -2.27. The van der Waals surface area contributed by atoms with Crippen molar-refractivity contribution in [3.05, 3.63) is 59.2 Å². The van der Waals surface area contributed by atoms with Gasteiger partial charge in [0.1, 0.15) is 5.82 Å². The number of hydrogen-bond donors (Lipinski definition) is 1. The van der Waals surface area contributed by atoms with E-state index in [1.165, 1.54) is 11.9 Å². The molecule has 0 saturated heterocycles. The Labute approximate surface area is 122 Å². The average molecular weight is 290 g/mol. The molecule has 3 nitrogen and oxygen atoms in total. The van der Waals surface area contributed by atoms with Gasteiger partial charge in [0.05, 0.1) is 11.3 Å². The summed E-state index contributed by atoms with van der Waals surface area (Å²) < 4.78 is 27.2. The molecule has 0 saturated carbocycles. The number of carbonyl (C=O) groups excluding carboxylic acids is 1. The standard InChI is InChI=1S/C16H16F2N2O/c1-3-10-4-6-12(7-5-10)20(2)16(21)13-8-11(17)9-14(19)15(13)18/h4-9H,3,19H2,1-2H3. The number of nitrogens with zero attached hydrogens (tertiary/aromatic N) is 1. The molecule has 0 spiro atoms. The van der Waals surface area contributed by atoms with Gasteiger partial charge < -0.3 is 10.6 Å². The van der Waals surface area contributed by atoms with Gasteiger partial charge in [-0.3, -0.25) is 4.79 Å². The molecule has 5 heteroatoms. The number of anilines is 2. The highest BCUT2D eigenvalue weighted by atomic mass is 19.1. The Kier molecular flexibility index (Phi) is 4.21. The van der Waals surface area contributed by atoms with Gasteiger partial charge in [-0.15, -0.1) is 0 Å². The Morgan fingerprint density at radius 1 is 1.19 bits per heavy atom. The Bertz CT molecular complexity index is 669. The Morgan fingerprint density at radius 3 is 2.38 bits per heavy atom. The number of amides is 1. The highest BCUT2D eigenvalue weighted by molar-refractivity contribution is 6.06. The second-order valence-corrected chi connectivity index (χ2v) is 4.74. The van der Waals surface area contributed by atoms with Gasteiger partial charge in [-0.1, -0.05) is 19.1 Å². The van der Waals surface area contributed by atoms with Gasteiger partial charge in [0, 0.05) is 12.7 Å². The summed E-state index contributed by atoms with van der Waals surface area (Å²) in [5.41, 5.74) is 6.31. The topological polar surface area (TPSA) is 46.3 Å². The van der Waals surface area contributed by atoms with Gasteiger partial charge >= 0.3 is 0 Å². The lowest BCUT2D eigenvalue weighted by atomic mass is 10.1. The third-order valence-corrected chi connectivity index (χ3v) is 3.33. The molecule has 2 rings (SSSR count). The van der Waals surface area contributed by atoms with Crippen LogP contribution in [-0.2, 0) is 6.42 Å². The third-order valence-electron chi connectivity index (χ3n) is 3.33. The van der Waals surface area contributed by atoms with Crippen molar-refractivity contribution < 1.29 is 13.6 Å². The molecule has 0 heterocycles. The number of halogens is 2. The van der Waals surface area contributed by atoms with E-state index >= 15 is 0 Å². The van der Waals surface area contributed by atoms with Gasteiger partial charge in [0.15, 0.2) is 5.82 Å². The van der Waals surface area contributed by atoms with Gasteiger partial charge in [-0.25, -0.2) is 8.78 Å². The molecule has 1 amide bonds. The minimum absolute atomic E-state index is 0.380. The Balaban J connectivity index is 2.34. The minimum atomic E-state index is -0.904. The lowest BCUT2D eigenvalue weighted by Gasteiger charge is -2.18. The highest BCUT2D eigenvalue weighted by Gasteiger charge is 2.20. The predicted molar refractivity (Wildman–Crippen MR) is 79.3 cm³/mol. The van der Waals surface area contributed by atoms with Crippen molar-refractivity contribution in [2.75, 3.05) is 17.7 Å². The van der Waals surface area contributed by atoms with Crippen LogP contribution in [0.5, 0.6) is 0 Å². The number of hydrogen-bond acceptors (Lipinski definition) is 2. The molecule has 0 radical (unpaired) electrons. The number of nitrogens with two attached hydrogens (primary N) is 1. The van der Waals surface area contributed by atoms with Crippen molar-refractivity contribution in [1.29, 1.82) is 0 Å². The molecular formula is C16H16F2N2O. The van der Waals surface area contributed by atoms with E-state index in [1.54, 1.807) is 12.1 Å². The summed E-state index contributed by atoms with van der Waals surface area (Å²) >= 11 is 0. The first-order valence-electron chi connectivity index (χ1n) is 6.55. The van der Waals surface area contributed by atoms with Crippen molar-refractivity contribution in [2.24, 2.45) is 0 Å². The first-order chi connectivity index (χ1) is 9.93. The lowest BCUT2D eigenvalue weighted by molar-refractivity contribution is 0.0989. The molecule has 2 aromatic carbocycles. The Hall–Kier alpha value is -2.43. The fourth-order valence-corrected chi connectivity index (χ4v) is 2.02. The maximum Gasteiger partial charge on any atom is 0.261 e. The normalized spacial score (nSPS) is 10.5. The zero-order valence-corrected chi connectivity index (χ0v) is 11.9. The molecule has 0 aliphatic heterocycles. The van der Waals surface area contributed by atoms with Crippen LogP contribution in [0.1, 0.15) is 22.8 Å². The quantitative estimate of drug-likeness (QED) is 0.881. The number of benzene rings is 2. The molecule has 2 N–H and O–H groups in total. The summed E-state index contributed by atoms with van der Waals surface area (Å²) in [6.45, 7) is 2.02. The fourth-order valence-electron chi connectivity index (χ4n) is 2.02. The Morgan fingerprint density at radius 2 is 1.81 bits per heavy atom. The van der Waals surface area contributed by atoms with Gasteiger partial charge in [-0.2, -0.15) is 0 Å². The maximum atomic E-state index is 13.9. The van der Waals surface area contributed by atoms with E-state index in [0.29, 0.717) is 5.69 Å². The number of aryl methyl sites for hydroxylation is 1. The van der Waals surface area contributed by atoms with Gasteiger partial charge in [0.25, 0.3) is 5.91 Å². The third kappa shape index (κ3) is 3.02. The molecule has 0 aromatic heterocycles. The van der Waals surface area contributed by atoms with Crippen LogP contribution >= 0.6 is 0 Å². The predicted octanol–water partition coefficient (Wildman–Crippen LogP) is 3.39. The summed E-state index contributed by atoms with van der Waals surface area (Å²) in [4.78, 5) is 13.5. The monoisotopic (exact) mass is 290 g/mol. The van der Waals surface area contributed by atoms with Crippen LogP contribution in [0.15, 0.2) is 36.4 Å². The van der Waals surface area contributed by atoms with Crippen LogP contribution in [-0.4, -0.2) is 13.0 Å². The minimum Gasteiger partial charge on any atom is -0.396 e. The van der Waals surface area contributed by atoms with Crippen LogP contribution in [0.2, 0.25) is 0 Å². The average Bonchev–Trinajstić information content (AvgIpc) is 2.49. The van der Waals surface area contributed by atoms with E-state index in [1.807, 2.05) is 19.1 Å². The van der Waals surface area contributed by atoms with Crippen LogP contribution < -0.4 is 10.6 Å². The van der Waals surface area contributed by atoms with Crippen molar-refractivity contribution >= 4 is 17.3 Å². The summed E-state index contributed by atoms with van der Waals surface area (Å²) in [7, 11) is 1.50. The van der Waals surface area contributed by atoms with Gasteiger partial charge in [-0.05, 0) is 36.2 Å². The first kappa shape index (κ1) is 15.0. The van der Waals surface area contributed by atoms with Crippen LogP contribution in [0, 0.1) is 11.6 Å². The van der Waals surface area contributed by atoms with Crippen molar-refractivity contribution in [2.45, 2.75) is 13.3 Å². The van der Waals surface area contributed by atoms with E-state index < -0.39 is 17.5 Å². The van der Waals surface area contributed by atoms with Crippen molar-refractivity contribution in [3.8, 4) is 0 Å². The maximum absolute atomic E-state index is 13.9. The summed E-state index contributed by atoms with van der Waals surface area (Å²) in [5.74, 6) is -2.30. The highest BCUT2D eigenvalue weighted by Crippen LogP contribution is 2.22. The number of nitrogen functional groups attached to an aromatic ring is 1. The zero-order chi connectivity index (χ0) is 15.6. The van der Waals surface area contributed by atoms with E-state index in [-0.39, 0.29) is 11.3 Å². The largest absolute Gasteiger partial charge is 0.396 e. The van der Waals surface area contributed by atoms with E-state index in [9.17, 15) is 13.6 Å². The molecule has 21 heavy (non-hydrogen) atoms. The van der Waals surface area contributed by atoms with Crippen LogP contribution in [0.3, 0.4) is 0 Å². The molecule has 0 aliphatic rings. The second-order valence-electron chi connectivity index (χ2n) is 4.74. The SMILES string of the molecule is CCc1ccc(N(C)C(=O)c2cc(F)cc(N)c2F)cc1. The van der Waals surface area contributed by atoms with E-state index in [2.05, 4.69) is 0 Å². The molecule has 0 unspecified atom stereocenters. The van der Waals surface area contributed by atoms with Gasteiger partial charge in [0.2, 0.25) is 0 Å². The molecule has 0 aliphatic carbocycles. The first-order valence-corrected chi connectivity index (χ1v) is 6.55. The molecule has 0 fully saturated rings.